The minimum Gasteiger partial charge on any atom is -0.393 e. The van der Waals surface area contributed by atoms with Crippen LogP contribution in [-0.2, 0) is 6.54 Å². The van der Waals surface area contributed by atoms with Crippen LogP contribution in [0.2, 0.25) is 0 Å². The summed E-state index contributed by atoms with van der Waals surface area (Å²) in [5.74, 6) is 1.47. The van der Waals surface area contributed by atoms with E-state index in [1.54, 1.807) is 0 Å². The van der Waals surface area contributed by atoms with Gasteiger partial charge < -0.3 is 21.1 Å². The number of hydrogen-bond acceptors (Lipinski definition) is 7. The molecule has 7 heteroatoms. The maximum Gasteiger partial charge on any atom is 0.224 e. The Kier molecular flexibility index (Phi) is 7.70. The lowest BCUT2D eigenvalue weighted by atomic mass is 9.93. The third-order valence-corrected chi connectivity index (χ3v) is 6.44. The van der Waals surface area contributed by atoms with Crippen molar-refractivity contribution < 1.29 is 5.11 Å². The van der Waals surface area contributed by atoms with Gasteiger partial charge in [0.2, 0.25) is 5.95 Å². The Bertz CT molecular complexity index is 815. The zero-order valence-electron chi connectivity index (χ0n) is 18.6. The molecule has 7 nitrogen and oxygen atoms in total. The molecule has 31 heavy (non-hydrogen) atoms. The van der Waals surface area contributed by atoms with E-state index in [4.69, 9.17) is 9.97 Å². The molecule has 0 unspecified atom stereocenters. The highest BCUT2D eigenvalue weighted by Gasteiger charge is 2.21. The topological polar surface area (TPSA) is 95.0 Å². The van der Waals surface area contributed by atoms with Crippen molar-refractivity contribution in [1.29, 1.82) is 0 Å². The van der Waals surface area contributed by atoms with Crippen LogP contribution in [0.1, 0.15) is 70.3 Å². The summed E-state index contributed by atoms with van der Waals surface area (Å²) in [5, 5.41) is 20.4. The first-order valence-corrected chi connectivity index (χ1v) is 12.0. The molecule has 0 atom stereocenters. The number of pyridine rings is 1. The van der Waals surface area contributed by atoms with Gasteiger partial charge >= 0.3 is 0 Å². The lowest BCUT2D eigenvalue weighted by molar-refractivity contribution is 0.126. The molecule has 4 rings (SSSR count). The number of unbranched alkanes of at least 4 members (excludes halogenated alkanes) is 1. The molecule has 0 amide bonds. The molecule has 0 radical (unpaired) electrons. The molecule has 168 valence electrons. The van der Waals surface area contributed by atoms with Crippen LogP contribution in [0, 0.1) is 0 Å². The number of aliphatic hydroxyl groups is 1. The standard InChI is InChI=1S/C24H36N6O/c1-2-3-13-25-24-28-16-21(23(30-24)29-19-8-10-20(31)11-9-19)22-12-7-17(15-27-22)14-26-18-5-4-6-18/h7,12,15-16,18-20,26,31H,2-6,8-11,13-14H2,1H3,(H2,25,28,29,30)/t19-,20-. The molecule has 2 fully saturated rings. The molecule has 0 bridgehead atoms. The molecule has 0 aromatic carbocycles. The van der Waals surface area contributed by atoms with E-state index in [0.29, 0.717) is 18.0 Å². The summed E-state index contributed by atoms with van der Waals surface area (Å²) in [7, 11) is 0. The number of hydrogen-bond donors (Lipinski definition) is 4. The van der Waals surface area contributed by atoms with Crippen molar-refractivity contribution in [3.05, 3.63) is 30.1 Å². The van der Waals surface area contributed by atoms with Gasteiger partial charge in [-0.3, -0.25) is 4.98 Å². The molecule has 2 aliphatic rings. The van der Waals surface area contributed by atoms with Gasteiger partial charge in [0.05, 0.1) is 17.4 Å². The van der Waals surface area contributed by atoms with Crippen molar-refractivity contribution in [1.82, 2.24) is 20.3 Å². The molecule has 2 aliphatic carbocycles. The third-order valence-electron chi connectivity index (χ3n) is 6.44. The second-order valence-corrected chi connectivity index (χ2v) is 8.95. The van der Waals surface area contributed by atoms with Gasteiger partial charge in [-0.1, -0.05) is 25.8 Å². The zero-order valence-corrected chi connectivity index (χ0v) is 18.6. The Balaban J connectivity index is 1.48. The van der Waals surface area contributed by atoms with Gasteiger partial charge in [0.1, 0.15) is 5.82 Å². The van der Waals surface area contributed by atoms with Gasteiger partial charge in [-0.05, 0) is 56.6 Å². The monoisotopic (exact) mass is 424 g/mol. The summed E-state index contributed by atoms with van der Waals surface area (Å²) < 4.78 is 0. The lowest BCUT2D eigenvalue weighted by Gasteiger charge is -2.27. The average Bonchev–Trinajstić information content (AvgIpc) is 2.75. The van der Waals surface area contributed by atoms with Gasteiger partial charge in [-0.25, -0.2) is 4.98 Å². The van der Waals surface area contributed by atoms with Crippen LogP contribution in [-0.4, -0.2) is 44.8 Å². The lowest BCUT2D eigenvalue weighted by Crippen LogP contribution is -2.34. The van der Waals surface area contributed by atoms with Gasteiger partial charge in [-0.2, -0.15) is 4.98 Å². The van der Waals surface area contributed by atoms with E-state index in [1.807, 2.05) is 12.4 Å². The summed E-state index contributed by atoms with van der Waals surface area (Å²) in [6, 6.07) is 5.19. The van der Waals surface area contributed by atoms with Crippen LogP contribution < -0.4 is 16.0 Å². The smallest absolute Gasteiger partial charge is 0.224 e. The van der Waals surface area contributed by atoms with Crippen molar-refractivity contribution in [3.63, 3.8) is 0 Å². The van der Waals surface area contributed by atoms with E-state index in [0.717, 1.165) is 68.7 Å². The van der Waals surface area contributed by atoms with Crippen molar-refractivity contribution in [2.45, 2.75) is 89.4 Å². The molecule has 0 saturated heterocycles. The van der Waals surface area contributed by atoms with Gasteiger partial charge in [0.25, 0.3) is 0 Å². The number of aromatic nitrogens is 3. The minimum absolute atomic E-state index is 0.169. The highest BCUT2D eigenvalue weighted by atomic mass is 16.3. The van der Waals surface area contributed by atoms with Crippen LogP contribution >= 0.6 is 0 Å². The summed E-state index contributed by atoms with van der Waals surface area (Å²) in [4.78, 5) is 14.0. The fourth-order valence-electron chi connectivity index (χ4n) is 4.12. The number of nitrogens with one attached hydrogen (secondary N) is 3. The van der Waals surface area contributed by atoms with Gasteiger partial charge in [0, 0.05) is 37.6 Å². The quantitative estimate of drug-likeness (QED) is 0.426. The molecule has 4 N–H and O–H groups in total. The first kappa shape index (κ1) is 22.0. The van der Waals surface area contributed by atoms with Gasteiger partial charge in [-0.15, -0.1) is 0 Å². The predicted molar refractivity (Wildman–Crippen MR) is 125 cm³/mol. The average molecular weight is 425 g/mol. The summed E-state index contributed by atoms with van der Waals surface area (Å²) in [5.41, 5.74) is 3.00. The highest BCUT2D eigenvalue weighted by Crippen LogP contribution is 2.29. The summed E-state index contributed by atoms with van der Waals surface area (Å²) >= 11 is 0. The van der Waals surface area contributed by atoms with Crippen molar-refractivity contribution >= 4 is 11.8 Å². The summed E-state index contributed by atoms with van der Waals surface area (Å²) in [6.45, 7) is 3.91. The fraction of sp³-hybridized carbons (Fsp3) is 0.625. The molecular formula is C24H36N6O. The first-order valence-electron chi connectivity index (χ1n) is 12.0. The maximum absolute atomic E-state index is 9.84. The Morgan fingerprint density at radius 2 is 1.84 bits per heavy atom. The highest BCUT2D eigenvalue weighted by molar-refractivity contribution is 5.72. The molecular weight excluding hydrogens is 388 g/mol. The third kappa shape index (κ3) is 6.14. The Labute approximate surface area is 185 Å². The minimum atomic E-state index is -0.169. The van der Waals surface area contributed by atoms with Crippen LogP contribution in [0.3, 0.4) is 0 Å². The maximum atomic E-state index is 9.84. The molecule has 0 aliphatic heterocycles. The Morgan fingerprint density at radius 3 is 2.52 bits per heavy atom. The SMILES string of the molecule is CCCCNc1ncc(-c2ccc(CNC3CCC3)cn2)c(N[C@H]2CC[C@H](O)CC2)n1. The predicted octanol–water partition coefficient (Wildman–Crippen LogP) is 4.11. The van der Waals surface area contributed by atoms with E-state index in [2.05, 4.69) is 40.0 Å². The van der Waals surface area contributed by atoms with E-state index in [-0.39, 0.29) is 6.10 Å². The second kappa shape index (κ2) is 10.9. The number of aliphatic hydroxyl groups excluding tert-OH is 1. The van der Waals surface area contributed by atoms with Gasteiger partial charge in [0.15, 0.2) is 0 Å². The first-order chi connectivity index (χ1) is 15.2. The zero-order chi connectivity index (χ0) is 21.5. The fourth-order valence-corrected chi connectivity index (χ4v) is 4.12. The van der Waals surface area contributed by atoms with E-state index < -0.39 is 0 Å². The van der Waals surface area contributed by atoms with Crippen LogP contribution in [0.25, 0.3) is 11.3 Å². The van der Waals surface area contributed by atoms with Crippen molar-refractivity contribution in [2.75, 3.05) is 17.2 Å². The van der Waals surface area contributed by atoms with E-state index in [9.17, 15) is 5.11 Å². The Morgan fingerprint density at radius 1 is 1.00 bits per heavy atom. The van der Waals surface area contributed by atoms with Crippen molar-refractivity contribution in [2.24, 2.45) is 0 Å². The summed E-state index contributed by atoms with van der Waals surface area (Å²) in [6.07, 6.45) is 13.4. The molecule has 2 aromatic heterocycles. The van der Waals surface area contributed by atoms with E-state index in [1.165, 1.54) is 24.8 Å². The van der Waals surface area contributed by atoms with Crippen LogP contribution in [0.5, 0.6) is 0 Å². The van der Waals surface area contributed by atoms with Crippen LogP contribution in [0.4, 0.5) is 11.8 Å². The Hall–Kier alpha value is -2.25. The number of nitrogens with zero attached hydrogens (tertiary/aromatic N) is 3. The molecule has 2 saturated carbocycles. The molecule has 2 heterocycles. The van der Waals surface area contributed by atoms with Crippen molar-refractivity contribution in [3.8, 4) is 11.3 Å². The van der Waals surface area contributed by atoms with Crippen LogP contribution in [0.15, 0.2) is 24.5 Å². The second-order valence-electron chi connectivity index (χ2n) is 8.95. The largest absolute Gasteiger partial charge is 0.393 e. The molecule has 0 spiro atoms. The van der Waals surface area contributed by atoms with E-state index >= 15 is 0 Å². The number of rotatable bonds is 10. The number of anilines is 2. The molecule has 2 aromatic rings. The normalized spacial score (nSPS) is 21.5.